The fraction of sp³-hybridized carbons (Fsp3) is 0.182. The van der Waals surface area contributed by atoms with E-state index >= 15 is 0 Å². The van der Waals surface area contributed by atoms with Crippen LogP contribution in [0.4, 0.5) is 5.82 Å². The second-order valence-electron chi connectivity index (χ2n) is 3.78. The number of rotatable bonds is 6. The molecule has 2 aromatic heterocycles. The number of hydrogen-bond acceptors (Lipinski definition) is 7. The van der Waals surface area contributed by atoms with Crippen LogP contribution in [0.3, 0.4) is 0 Å². The Bertz CT molecular complexity index is 625. The zero-order valence-corrected chi connectivity index (χ0v) is 11.1. The fourth-order valence-electron chi connectivity index (χ4n) is 1.38. The second kappa shape index (κ2) is 6.06. The average molecular weight is 293 g/mol. The first-order valence-corrected chi connectivity index (χ1v) is 6.49. The van der Waals surface area contributed by atoms with Crippen molar-refractivity contribution >= 4 is 29.0 Å². The van der Waals surface area contributed by atoms with E-state index in [1.54, 1.807) is 6.07 Å². The summed E-state index contributed by atoms with van der Waals surface area (Å²) in [5.74, 6) is -1.16. The monoisotopic (exact) mass is 293 g/mol. The van der Waals surface area contributed by atoms with Gasteiger partial charge in [0.25, 0.3) is 5.91 Å². The number of nitrogens with zero attached hydrogens (tertiary/aromatic N) is 3. The van der Waals surface area contributed by atoms with E-state index in [9.17, 15) is 9.59 Å². The van der Waals surface area contributed by atoms with Crippen LogP contribution in [0.2, 0.25) is 0 Å². The molecule has 0 radical (unpaired) electrons. The number of amides is 1. The van der Waals surface area contributed by atoms with Crippen molar-refractivity contribution in [1.29, 1.82) is 0 Å². The number of aromatic nitrogens is 3. The molecule has 2 rings (SSSR count). The van der Waals surface area contributed by atoms with Crippen LogP contribution in [0.5, 0.6) is 0 Å². The van der Waals surface area contributed by atoms with Gasteiger partial charge in [-0.05, 0) is 12.1 Å². The number of carbonyl (C=O) groups is 2. The SMILES string of the molecule is NC(=O)c1ccc(NCCc2nc(C(=O)O)cs2)nn1. The first-order valence-electron chi connectivity index (χ1n) is 5.61. The molecule has 0 aliphatic rings. The Morgan fingerprint density at radius 3 is 2.65 bits per heavy atom. The summed E-state index contributed by atoms with van der Waals surface area (Å²) in [4.78, 5) is 25.4. The highest BCUT2D eigenvalue weighted by molar-refractivity contribution is 7.09. The maximum absolute atomic E-state index is 10.8. The molecule has 0 atom stereocenters. The Morgan fingerprint density at radius 1 is 1.30 bits per heavy atom. The number of nitrogens with two attached hydrogens (primary N) is 1. The molecule has 0 bridgehead atoms. The zero-order chi connectivity index (χ0) is 14.5. The number of primary amides is 1. The van der Waals surface area contributed by atoms with Crippen LogP contribution in [-0.2, 0) is 6.42 Å². The largest absolute Gasteiger partial charge is 0.476 e. The van der Waals surface area contributed by atoms with Crippen molar-refractivity contribution < 1.29 is 14.7 Å². The van der Waals surface area contributed by atoms with Gasteiger partial charge in [0.1, 0.15) is 5.82 Å². The molecule has 0 aliphatic heterocycles. The van der Waals surface area contributed by atoms with Gasteiger partial charge in [0.2, 0.25) is 0 Å². The summed E-state index contributed by atoms with van der Waals surface area (Å²) in [5, 5.41) is 21.4. The van der Waals surface area contributed by atoms with E-state index in [0.717, 1.165) is 5.01 Å². The molecule has 0 saturated carbocycles. The van der Waals surface area contributed by atoms with Crippen LogP contribution in [0, 0.1) is 0 Å². The molecule has 8 nitrogen and oxygen atoms in total. The first-order chi connectivity index (χ1) is 9.56. The lowest BCUT2D eigenvalue weighted by atomic mass is 10.3. The molecule has 0 saturated heterocycles. The summed E-state index contributed by atoms with van der Waals surface area (Å²) >= 11 is 1.29. The van der Waals surface area contributed by atoms with Gasteiger partial charge in [0, 0.05) is 18.3 Å². The highest BCUT2D eigenvalue weighted by Crippen LogP contribution is 2.10. The predicted octanol–water partition coefficient (Wildman–Crippen LogP) is 0.385. The molecule has 0 unspecified atom stereocenters. The minimum absolute atomic E-state index is 0.0515. The van der Waals surface area contributed by atoms with Gasteiger partial charge in [0.15, 0.2) is 11.4 Å². The van der Waals surface area contributed by atoms with E-state index < -0.39 is 11.9 Å². The Balaban J connectivity index is 1.85. The third kappa shape index (κ3) is 3.48. The van der Waals surface area contributed by atoms with Crippen molar-refractivity contribution in [2.75, 3.05) is 11.9 Å². The zero-order valence-electron chi connectivity index (χ0n) is 10.2. The normalized spacial score (nSPS) is 10.2. The van der Waals surface area contributed by atoms with Crippen LogP contribution in [0.1, 0.15) is 26.0 Å². The molecule has 0 fully saturated rings. The lowest BCUT2D eigenvalue weighted by molar-refractivity contribution is 0.0691. The molecule has 2 heterocycles. The van der Waals surface area contributed by atoms with Gasteiger partial charge in [-0.3, -0.25) is 4.79 Å². The highest BCUT2D eigenvalue weighted by Gasteiger charge is 2.08. The van der Waals surface area contributed by atoms with E-state index in [1.165, 1.54) is 22.8 Å². The van der Waals surface area contributed by atoms with E-state index in [1.807, 2.05) is 0 Å². The van der Waals surface area contributed by atoms with E-state index in [-0.39, 0.29) is 11.4 Å². The van der Waals surface area contributed by atoms with Crippen molar-refractivity contribution in [3.05, 3.63) is 33.9 Å². The Labute approximate surface area is 117 Å². The van der Waals surface area contributed by atoms with Crippen LogP contribution in [-0.4, -0.2) is 38.7 Å². The lowest BCUT2D eigenvalue weighted by Crippen LogP contribution is -2.14. The minimum atomic E-state index is -1.03. The van der Waals surface area contributed by atoms with E-state index in [2.05, 4.69) is 20.5 Å². The van der Waals surface area contributed by atoms with Crippen LogP contribution < -0.4 is 11.1 Å². The van der Waals surface area contributed by atoms with Crippen LogP contribution >= 0.6 is 11.3 Å². The van der Waals surface area contributed by atoms with Crippen LogP contribution in [0.15, 0.2) is 17.5 Å². The third-order valence-corrected chi connectivity index (χ3v) is 3.24. The number of carbonyl (C=O) groups excluding carboxylic acids is 1. The standard InChI is InChI=1S/C11H11N5O3S/c12-10(17)6-1-2-8(16-15-6)13-4-3-9-14-7(5-20-9)11(18)19/h1-2,5H,3-4H2,(H2,12,17)(H,13,16)(H,18,19). The minimum Gasteiger partial charge on any atom is -0.476 e. The summed E-state index contributed by atoms with van der Waals surface area (Å²) in [6.07, 6.45) is 0.567. The van der Waals surface area contributed by atoms with Crippen molar-refractivity contribution in [1.82, 2.24) is 15.2 Å². The van der Waals surface area contributed by atoms with Gasteiger partial charge >= 0.3 is 5.97 Å². The summed E-state index contributed by atoms with van der Waals surface area (Å²) in [6.45, 7) is 0.525. The van der Waals surface area contributed by atoms with Crippen molar-refractivity contribution in [3.8, 4) is 0 Å². The number of thiazole rings is 1. The van der Waals surface area contributed by atoms with Gasteiger partial charge in [-0.2, -0.15) is 0 Å². The Kier molecular flexibility index (Phi) is 4.20. The highest BCUT2D eigenvalue weighted by atomic mass is 32.1. The fourth-order valence-corrected chi connectivity index (χ4v) is 2.15. The molecule has 4 N–H and O–H groups in total. The molecule has 0 aliphatic carbocycles. The third-order valence-electron chi connectivity index (χ3n) is 2.33. The molecular formula is C11H11N5O3S. The molecule has 2 aromatic rings. The first kappa shape index (κ1) is 13.9. The molecule has 0 aromatic carbocycles. The van der Waals surface area contributed by atoms with Crippen molar-refractivity contribution in [2.24, 2.45) is 5.73 Å². The van der Waals surface area contributed by atoms with Crippen molar-refractivity contribution in [2.45, 2.75) is 6.42 Å². The number of anilines is 1. The van der Waals surface area contributed by atoms with Gasteiger partial charge < -0.3 is 16.2 Å². The van der Waals surface area contributed by atoms with Gasteiger partial charge in [-0.15, -0.1) is 21.5 Å². The second-order valence-corrected chi connectivity index (χ2v) is 4.72. The summed E-state index contributed by atoms with van der Waals surface area (Å²) in [5.41, 5.74) is 5.20. The van der Waals surface area contributed by atoms with E-state index in [0.29, 0.717) is 18.8 Å². The molecule has 9 heteroatoms. The number of hydrogen-bond donors (Lipinski definition) is 3. The summed E-state index contributed by atoms with van der Waals surface area (Å²) in [7, 11) is 0. The predicted molar refractivity (Wildman–Crippen MR) is 71.8 cm³/mol. The molecule has 20 heavy (non-hydrogen) atoms. The lowest BCUT2D eigenvalue weighted by Gasteiger charge is -2.03. The number of carboxylic acid groups (broad SMARTS) is 1. The Hall–Kier alpha value is -2.55. The number of aromatic carboxylic acids is 1. The summed E-state index contributed by atoms with van der Waals surface area (Å²) < 4.78 is 0. The molecule has 104 valence electrons. The smallest absolute Gasteiger partial charge is 0.355 e. The van der Waals surface area contributed by atoms with Crippen LogP contribution in [0.25, 0.3) is 0 Å². The topological polar surface area (TPSA) is 131 Å². The average Bonchev–Trinajstić information content (AvgIpc) is 2.88. The molecular weight excluding hydrogens is 282 g/mol. The van der Waals surface area contributed by atoms with E-state index in [4.69, 9.17) is 10.8 Å². The van der Waals surface area contributed by atoms with Gasteiger partial charge in [0.05, 0.1) is 5.01 Å². The summed E-state index contributed by atoms with van der Waals surface area (Å²) in [6, 6.07) is 3.07. The molecule has 0 spiro atoms. The maximum Gasteiger partial charge on any atom is 0.355 e. The quantitative estimate of drug-likeness (QED) is 0.701. The number of nitrogens with one attached hydrogen (secondary N) is 1. The number of carboxylic acids is 1. The van der Waals surface area contributed by atoms with Crippen molar-refractivity contribution in [3.63, 3.8) is 0 Å². The molecule has 1 amide bonds. The Morgan fingerprint density at radius 2 is 2.10 bits per heavy atom. The van der Waals surface area contributed by atoms with Gasteiger partial charge in [-0.25, -0.2) is 9.78 Å². The van der Waals surface area contributed by atoms with Gasteiger partial charge in [-0.1, -0.05) is 0 Å². The maximum atomic E-state index is 10.8.